The summed E-state index contributed by atoms with van der Waals surface area (Å²) in [7, 11) is 4.04. The number of hydrogen-bond donors (Lipinski definition) is 3. The number of phenolic OH excluding ortho intramolecular Hbond substituents is 1. The molecular weight excluding hydrogens is 440 g/mol. The van der Waals surface area contributed by atoms with Gasteiger partial charge >= 0.3 is 0 Å². The van der Waals surface area contributed by atoms with Crippen LogP contribution in [0.15, 0.2) is 72.8 Å². The largest absolute Gasteiger partial charge is 0.508 e. The quantitative estimate of drug-likeness (QED) is 0.204. The molecule has 0 bridgehead atoms. The second-order valence-corrected chi connectivity index (χ2v) is 8.66. The molecule has 6 heteroatoms. The molecule has 0 saturated heterocycles. The molecule has 6 nitrogen and oxygen atoms in total. The van der Waals surface area contributed by atoms with E-state index in [-0.39, 0.29) is 12.2 Å². The number of phenols is 1. The van der Waals surface area contributed by atoms with Crippen LogP contribution >= 0.6 is 0 Å². The molecular formula is C29H34N2O4. The fourth-order valence-electron chi connectivity index (χ4n) is 3.92. The van der Waals surface area contributed by atoms with Gasteiger partial charge in [0, 0.05) is 13.0 Å². The maximum Gasteiger partial charge on any atom is 0.243 e. The molecule has 0 atom stereocenters. The number of nitrogens with zero attached hydrogens (tertiary/aromatic N) is 1. The highest BCUT2D eigenvalue weighted by Gasteiger charge is 2.14. The first-order valence-corrected chi connectivity index (χ1v) is 11.8. The molecule has 3 rings (SSSR count). The van der Waals surface area contributed by atoms with Gasteiger partial charge in [-0.05, 0) is 84.6 Å². The first-order valence-electron chi connectivity index (χ1n) is 11.8. The zero-order valence-corrected chi connectivity index (χ0v) is 20.6. The van der Waals surface area contributed by atoms with E-state index in [4.69, 9.17) is 9.94 Å². The molecule has 0 saturated carbocycles. The van der Waals surface area contributed by atoms with Crippen molar-refractivity contribution in [2.45, 2.75) is 26.2 Å². The van der Waals surface area contributed by atoms with Gasteiger partial charge in [-0.15, -0.1) is 0 Å². The predicted octanol–water partition coefficient (Wildman–Crippen LogP) is 5.14. The fraction of sp³-hybridized carbons (Fsp3) is 0.276. The van der Waals surface area contributed by atoms with Crippen LogP contribution in [-0.2, 0) is 11.2 Å². The van der Waals surface area contributed by atoms with Crippen molar-refractivity contribution < 1.29 is 19.8 Å². The van der Waals surface area contributed by atoms with Gasteiger partial charge in [0.05, 0.1) is 0 Å². The number of aromatic hydroxyl groups is 1. The molecule has 0 radical (unpaired) electrons. The number of amides is 1. The van der Waals surface area contributed by atoms with Gasteiger partial charge in [0.25, 0.3) is 0 Å². The van der Waals surface area contributed by atoms with Crippen LogP contribution in [0.1, 0.15) is 42.0 Å². The topological polar surface area (TPSA) is 82.0 Å². The van der Waals surface area contributed by atoms with Gasteiger partial charge < -0.3 is 14.7 Å². The summed E-state index contributed by atoms with van der Waals surface area (Å²) in [6.07, 6.45) is 1.59. The lowest BCUT2D eigenvalue weighted by Crippen LogP contribution is -2.19. The third-order valence-corrected chi connectivity index (χ3v) is 5.83. The Morgan fingerprint density at radius 3 is 2.00 bits per heavy atom. The van der Waals surface area contributed by atoms with Gasteiger partial charge in [-0.2, -0.15) is 0 Å². The van der Waals surface area contributed by atoms with Crippen LogP contribution in [0.2, 0.25) is 0 Å². The summed E-state index contributed by atoms with van der Waals surface area (Å²) in [5, 5.41) is 18.5. The number of ether oxygens (including phenoxy) is 1. The summed E-state index contributed by atoms with van der Waals surface area (Å²) < 4.78 is 5.87. The van der Waals surface area contributed by atoms with Gasteiger partial charge in [-0.1, -0.05) is 55.5 Å². The number of rotatable bonds is 11. The summed E-state index contributed by atoms with van der Waals surface area (Å²) in [6, 6.07) is 23.6. The van der Waals surface area contributed by atoms with E-state index < -0.39 is 5.91 Å². The van der Waals surface area contributed by atoms with E-state index >= 15 is 0 Å². The number of carbonyl (C=O) groups is 1. The molecule has 184 valence electrons. The maximum absolute atomic E-state index is 11.3. The van der Waals surface area contributed by atoms with Crippen LogP contribution in [0.5, 0.6) is 11.5 Å². The summed E-state index contributed by atoms with van der Waals surface area (Å²) in [4.78, 5) is 13.4. The third-order valence-electron chi connectivity index (χ3n) is 5.83. The lowest BCUT2D eigenvalue weighted by molar-refractivity contribution is -0.129. The van der Waals surface area contributed by atoms with E-state index in [9.17, 15) is 9.90 Å². The van der Waals surface area contributed by atoms with Crippen LogP contribution in [0, 0.1) is 0 Å². The highest BCUT2D eigenvalue weighted by atomic mass is 16.5. The first-order chi connectivity index (χ1) is 16.9. The van der Waals surface area contributed by atoms with Crippen molar-refractivity contribution in [2.75, 3.05) is 27.2 Å². The zero-order valence-electron chi connectivity index (χ0n) is 20.6. The van der Waals surface area contributed by atoms with E-state index in [0.29, 0.717) is 13.0 Å². The van der Waals surface area contributed by atoms with Crippen molar-refractivity contribution >= 4 is 17.1 Å². The fourth-order valence-corrected chi connectivity index (χ4v) is 3.92. The lowest BCUT2D eigenvalue weighted by atomic mass is 9.88. The standard InChI is InChI=1S/C29H34N2O4/c1-4-27(22-8-5-21(6-9-22)7-18-28(33)30-34)29(23-10-14-25(32)15-11-23)24-12-16-26(17-13-24)35-20-19-31(2)3/h5-6,8-17,32,34H,4,7,18-20H2,1-3H3,(H,30,33)/b29-27-. The SMILES string of the molecule is CC/C(=C(\c1ccc(O)cc1)c1ccc(OCCN(C)C)cc1)c1ccc(CCC(=O)NO)cc1. The Morgan fingerprint density at radius 2 is 1.46 bits per heavy atom. The number of hydroxylamine groups is 1. The van der Waals surface area contributed by atoms with Gasteiger partial charge in [-0.3, -0.25) is 10.0 Å². The Balaban J connectivity index is 1.96. The van der Waals surface area contributed by atoms with E-state index in [0.717, 1.165) is 46.5 Å². The zero-order chi connectivity index (χ0) is 25.2. The van der Waals surface area contributed by atoms with Crippen molar-refractivity contribution in [3.05, 3.63) is 95.1 Å². The van der Waals surface area contributed by atoms with Gasteiger partial charge in [0.2, 0.25) is 5.91 Å². The third kappa shape index (κ3) is 7.44. The van der Waals surface area contributed by atoms with Crippen molar-refractivity contribution in [3.8, 4) is 11.5 Å². The minimum atomic E-state index is -0.396. The van der Waals surface area contributed by atoms with Gasteiger partial charge in [0.1, 0.15) is 18.1 Å². The van der Waals surface area contributed by atoms with Crippen LogP contribution in [0.4, 0.5) is 0 Å². The van der Waals surface area contributed by atoms with Crippen LogP contribution in [0.25, 0.3) is 11.1 Å². The van der Waals surface area contributed by atoms with Gasteiger partial charge in [0.15, 0.2) is 0 Å². The minimum Gasteiger partial charge on any atom is -0.508 e. The Labute approximate surface area is 207 Å². The van der Waals surface area contributed by atoms with Crippen molar-refractivity contribution in [2.24, 2.45) is 0 Å². The average molecular weight is 475 g/mol. The highest BCUT2D eigenvalue weighted by Crippen LogP contribution is 2.35. The Bertz CT molecular complexity index is 1120. The molecule has 0 aliphatic heterocycles. The monoisotopic (exact) mass is 474 g/mol. The second kappa shape index (κ2) is 12.7. The molecule has 0 aliphatic rings. The molecule has 3 aromatic rings. The van der Waals surface area contributed by atoms with E-state index in [1.807, 2.05) is 50.5 Å². The Hall–Kier alpha value is -3.61. The molecule has 0 heterocycles. The van der Waals surface area contributed by atoms with Crippen LogP contribution in [-0.4, -0.2) is 48.4 Å². The number of hydrogen-bond acceptors (Lipinski definition) is 5. The van der Waals surface area contributed by atoms with Crippen LogP contribution in [0.3, 0.4) is 0 Å². The summed E-state index contributed by atoms with van der Waals surface area (Å²) in [5.74, 6) is 0.661. The van der Waals surface area contributed by atoms with Crippen molar-refractivity contribution in [1.29, 1.82) is 0 Å². The van der Waals surface area contributed by atoms with E-state index in [1.54, 1.807) is 17.6 Å². The molecule has 3 N–H and O–H groups in total. The second-order valence-electron chi connectivity index (χ2n) is 8.66. The maximum atomic E-state index is 11.3. The number of allylic oxidation sites excluding steroid dienone is 1. The van der Waals surface area contributed by atoms with E-state index in [1.165, 1.54) is 5.57 Å². The minimum absolute atomic E-state index is 0.229. The van der Waals surface area contributed by atoms with Gasteiger partial charge in [-0.25, -0.2) is 5.48 Å². The van der Waals surface area contributed by atoms with Crippen LogP contribution < -0.4 is 10.2 Å². The molecule has 0 spiro atoms. The lowest BCUT2D eigenvalue weighted by Gasteiger charge is -2.17. The molecule has 0 fully saturated rings. The first kappa shape index (κ1) is 26.0. The highest BCUT2D eigenvalue weighted by molar-refractivity contribution is 5.98. The predicted molar refractivity (Wildman–Crippen MR) is 139 cm³/mol. The number of aryl methyl sites for hydroxylation is 1. The molecule has 3 aromatic carbocycles. The molecule has 35 heavy (non-hydrogen) atoms. The van der Waals surface area contributed by atoms with E-state index in [2.05, 4.69) is 36.1 Å². The summed E-state index contributed by atoms with van der Waals surface area (Å²) in [5.41, 5.74) is 8.15. The average Bonchev–Trinajstić information content (AvgIpc) is 2.87. The summed E-state index contributed by atoms with van der Waals surface area (Å²) in [6.45, 7) is 3.61. The number of nitrogens with one attached hydrogen (secondary N) is 1. The number of benzene rings is 3. The molecule has 0 aromatic heterocycles. The normalized spacial score (nSPS) is 11.8. The number of likely N-dealkylation sites (N-methyl/N-ethyl adjacent to an activating group) is 1. The Morgan fingerprint density at radius 1 is 0.886 bits per heavy atom. The van der Waals surface area contributed by atoms with Crippen molar-refractivity contribution in [1.82, 2.24) is 10.4 Å². The van der Waals surface area contributed by atoms with Crippen molar-refractivity contribution in [3.63, 3.8) is 0 Å². The Kier molecular flexibility index (Phi) is 9.47. The number of carbonyl (C=O) groups excluding carboxylic acids is 1. The summed E-state index contributed by atoms with van der Waals surface area (Å²) >= 11 is 0. The molecule has 0 aliphatic carbocycles. The smallest absolute Gasteiger partial charge is 0.243 e. The molecule has 0 unspecified atom stereocenters. The molecule has 1 amide bonds.